The van der Waals surface area contributed by atoms with Gasteiger partial charge in [0.05, 0.1) is 0 Å². The lowest BCUT2D eigenvalue weighted by molar-refractivity contribution is -0.119. The molecule has 3 rings (SSSR count). The smallest absolute Gasteiger partial charge is 0.217 e. The lowest BCUT2D eigenvalue weighted by atomic mass is 10.00. The quantitative estimate of drug-likeness (QED) is 0.918. The van der Waals surface area contributed by atoms with Crippen molar-refractivity contribution in [1.82, 2.24) is 10.2 Å². The Morgan fingerprint density at radius 3 is 2.65 bits per heavy atom. The predicted molar refractivity (Wildman–Crippen MR) is 95.5 cm³/mol. The number of rotatable bonds is 5. The molecule has 0 aliphatic carbocycles. The number of likely N-dealkylation sites (tertiary alicyclic amines) is 1. The van der Waals surface area contributed by atoms with Gasteiger partial charge in [0.15, 0.2) is 0 Å². The second kappa shape index (κ2) is 7.60. The number of hydrogen-bond donors (Lipinski definition) is 1. The first-order valence-corrected chi connectivity index (χ1v) is 8.68. The molecule has 0 atom stereocenters. The van der Waals surface area contributed by atoms with Gasteiger partial charge in [-0.2, -0.15) is 0 Å². The van der Waals surface area contributed by atoms with Gasteiger partial charge in [-0.15, -0.1) is 0 Å². The first kappa shape index (κ1) is 16.0. The average molecular weight is 310 g/mol. The van der Waals surface area contributed by atoms with Gasteiger partial charge in [-0.3, -0.25) is 4.79 Å². The minimum Gasteiger partial charge on any atom is -0.354 e. The Morgan fingerprint density at radius 1 is 1.13 bits per heavy atom. The molecule has 1 N–H and O–H groups in total. The molecule has 0 aromatic heterocycles. The molecule has 0 saturated carbocycles. The van der Waals surface area contributed by atoms with Crippen LogP contribution in [0.4, 0.5) is 0 Å². The summed E-state index contributed by atoms with van der Waals surface area (Å²) < 4.78 is 0. The normalized spacial score (nSPS) is 16.6. The average Bonchev–Trinajstić information content (AvgIpc) is 2.56. The SMILES string of the molecule is CC(=O)NC1CCN(CCCc2cccc3ccccc23)CC1. The van der Waals surface area contributed by atoms with Crippen LogP contribution < -0.4 is 5.32 Å². The van der Waals surface area contributed by atoms with Gasteiger partial charge >= 0.3 is 0 Å². The largest absolute Gasteiger partial charge is 0.354 e. The van der Waals surface area contributed by atoms with Gasteiger partial charge in [0.2, 0.25) is 5.91 Å². The molecule has 23 heavy (non-hydrogen) atoms. The fraction of sp³-hybridized carbons (Fsp3) is 0.450. The summed E-state index contributed by atoms with van der Waals surface area (Å²) in [7, 11) is 0. The molecule has 2 aromatic rings. The highest BCUT2D eigenvalue weighted by atomic mass is 16.1. The molecule has 122 valence electrons. The lowest BCUT2D eigenvalue weighted by Gasteiger charge is -2.32. The Balaban J connectivity index is 1.47. The number of fused-ring (bicyclic) bond motifs is 1. The number of carbonyl (C=O) groups excluding carboxylic acids is 1. The lowest BCUT2D eigenvalue weighted by Crippen LogP contribution is -2.44. The number of hydrogen-bond acceptors (Lipinski definition) is 2. The van der Waals surface area contributed by atoms with E-state index < -0.39 is 0 Å². The predicted octanol–water partition coefficient (Wildman–Crippen LogP) is 3.37. The zero-order chi connectivity index (χ0) is 16.1. The number of amides is 1. The highest BCUT2D eigenvalue weighted by Gasteiger charge is 2.19. The first-order valence-electron chi connectivity index (χ1n) is 8.68. The van der Waals surface area contributed by atoms with E-state index in [9.17, 15) is 4.79 Å². The van der Waals surface area contributed by atoms with Crippen molar-refractivity contribution >= 4 is 16.7 Å². The van der Waals surface area contributed by atoms with Crippen LogP contribution in [0.1, 0.15) is 31.7 Å². The maximum atomic E-state index is 11.1. The summed E-state index contributed by atoms with van der Waals surface area (Å²) in [5, 5.41) is 5.76. The third kappa shape index (κ3) is 4.32. The Bertz CT molecular complexity index is 654. The molecular formula is C20H26N2O. The fourth-order valence-corrected chi connectivity index (χ4v) is 3.59. The summed E-state index contributed by atoms with van der Waals surface area (Å²) in [6, 6.07) is 15.6. The van der Waals surface area contributed by atoms with Crippen molar-refractivity contribution in [3.8, 4) is 0 Å². The number of aryl methyl sites for hydroxylation is 1. The Labute approximate surface area is 138 Å². The number of nitrogens with one attached hydrogen (secondary N) is 1. The van der Waals surface area contributed by atoms with Gasteiger partial charge < -0.3 is 10.2 Å². The van der Waals surface area contributed by atoms with Crippen molar-refractivity contribution in [1.29, 1.82) is 0 Å². The zero-order valence-corrected chi connectivity index (χ0v) is 13.9. The van der Waals surface area contributed by atoms with Crippen molar-refractivity contribution in [3.05, 3.63) is 48.0 Å². The molecule has 1 heterocycles. The van der Waals surface area contributed by atoms with Crippen molar-refractivity contribution in [2.24, 2.45) is 0 Å². The van der Waals surface area contributed by atoms with Crippen LogP contribution in [0.5, 0.6) is 0 Å². The van der Waals surface area contributed by atoms with E-state index in [1.165, 1.54) is 22.8 Å². The van der Waals surface area contributed by atoms with E-state index in [1.807, 2.05) is 0 Å². The van der Waals surface area contributed by atoms with E-state index in [-0.39, 0.29) is 5.91 Å². The minimum atomic E-state index is 0.0967. The molecule has 0 bridgehead atoms. The molecule has 0 spiro atoms. The number of benzene rings is 2. The van der Waals surface area contributed by atoms with Gasteiger partial charge in [-0.25, -0.2) is 0 Å². The van der Waals surface area contributed by atoms with Gasteiger partial charge in [0.25, 0.3) is 0 Å². The van der Waals surface area contributed by atoms with Crippen molar-refractivity contribution in [2.75, 3.05) is 19.6 Å². The van der Waals surface area contributed by atoms with Crippen LogP contribution in [-0.2, 0) is 11.2 Å². The van der Waals surface area contributed by atoms with Crippen LogP contribution in [-0.4, -0.2) is 36.5 Å². The second-order valence-electron chi connectivity index (χ2n) is 6.56. The summed E-state index contributed by atoms with van der Waals surface area (Å²) in [4.78, 5) is 13.6. The maximum Gasteiger partial charge on any atom is 0.217 e. The van der Waals surface area contributed by atoms with E-state index >= 15 is 0 Å². The third-order valence-electron chi connectivity index (χ3n) is 4.80. The van der Waals surface area contributed by atoms with Crippen LogP contribution in [0.3, 0.4) is 0 Å². The summed E-state index contributed by atoms with van der Waals surface area (Å²) in [5.41, 5.74) is 1.45. The summed E-state index contributed by atoms with van der Waals surface area (Å²) in [5.74, 6) is 0.0967. The van der Waals surface area contributed by atoms with E-state index in [0.29, 0.717) is 6.04 Å². The second-order valence-corrected chi connectivity index (χ2v) is 6.56. The summed E-state index contributed by atoms with van der Waals surface area (Å²) in [6.45, 7) is 4.95. The van der Waals surface area contributed by atoms with E-state index in [4.69, 9.17) is 0 Å². The summed E-state index contributed by atoms with van der Waals surface area (Å²) in [6.07, 6.45) is 4.48. The maximum absolute atomic E-state index is 11.1. The number of carbonyl (C=O) groups is 1. The summed E-state index contributed by atoms with van der Waals surface area (Å²) >= 11 is 0. The molecule has 1 aliphatic rings. The monoisotopic (exact) mass is 310 g/mol. The molecule has 3 nitrogen and oxygen atoms in total. The molecule has 2 aromatic carbocycles. The highest BCUT2D eigenvalue weighted by Crippen LogP contribution is 2.20. The van der Waals surface area contributed by atoms with Crippen molar-refractivity contribution in [3.63, 3.8) is 0 Å². The molecular weight excluding hydrogens is 284 g/mol. The van der Waals surface area contributed by atoms with Gasteiger partial charge in [-0.05, 0) is 48.6 Å². The number of piperidine rings is 1. The molecule has 1 aliphatic heterocycles. The van der Waals surface area contributed by atoms with Crippen LogP contribution in [0.15, 0.2) is 42.5 Å². The van der Waals surface area contributed by atoms with Gasteiger partial charge in [-0.1, -0.05) is 42.5 Å². The Morgan fingerprint density at radius 2 is 1.87 bits per heavy atom. The van der Waals surface area contributed by atoms with Crippen LogP contribution in [0.2, 0.25) is 0 Å². The molecule has 1 saturated heterocycles. The van der Waals surface area contributed by atoms with E-state index in [1.54, 1.807) is 6.92 Å². The minimum absolute atomic E-state index is 0.0967. The van der Waals surface area contributed by atoms with Crippen molar-refractivity contribution in [2.45, 2.75) is 38.6 Å². The molecule has 1 fully saturated rings. The van der Waals surface area contributed by atoms with Gasteiger partial charge in [0.1, 0.15) is 0 Å². The van der Waals surface area contributed by atoms with Crippen LogP contribution in [0.25, 0.3) is 10.8 Å². The van der Waals surface area contributed by atoms with Gasteiger partial charge in [0, 0.05) is 26.1 Å². The Hall–Kier alpha value is -1.87. The number of nitrogens with zero attached hydrogens (tertiary/aromatic N) is 1. The molecule has 1 amide bonds. The zero-order valence-electron chi connectivity index (χ0n) is 13.9. The standard InChI is InChI=1S/C20H26N2O/c1-16(23)21-19-11-14-22(15-12-19)13-5-9-18-8-4-7-17-6-2-3-10-20(17)18/h2-4,6-8,10,19H,5,9,11-15H2,1H3,(H,21,23). The van der Waals surface area contributed by atoms with Crippen LogP contribution in [0, 0.1) is 0 Å². The third-order valence-corrected chi connectivity index (χ3v) is 4.80. The van der Waals surface area contributed by atoms with Crippen molar-refractivity contribution < 1.29 is 4.79 Å². The molecule has 0 unspecified atom stereocenters. The molecule has 0 radical (unpaired) electrons. The van der Waals surface area contributed by atoms with E-state index in [2.05, 4.69) is 52.7 Å². The molecule has 3 heteroatoms. The Kier molecular flexibility index (Phi) is 5.29. The first-order chi connectivity index (χ1) is 11.2. The highest BCUT2D eigenvalue weighted by molar-refractivity contribution is 5.85. The van der Waals surface area contributed by atoms with E-state index in [0.717, 1.165) is 38.9 Å². The van der Waals surface area contributed by atoms with Crippen LogP contribution >= 0.6 is 0 Å². The topological polar surface area (TPSA) is 32.3 Å². The fourth-order valence-electron chi connectivity index (χ4n) is 3.59.